The molecule has 1 saturated heterocycles. The fraction of sp³-hybridized carbons (Fsp3) is 0.368. The highest BCUT2D eigenvalue weighted by atomic mass is 32.2. The molecule has 2 aliphatic heterocycles. The van der Waals surface area contributed by atoms with E-state index in [-0.39, 0.29) is 47.8 Å². The molecule has 0 bridgehead atoms. The molecule has 0 unspecified atom stereocenters. The second-order valence-electron chi connectivity index (χ2n) is 6.98. The Morgan fingerprint density at radius 2 is 2.03 bits per heavy atom. The fourth-order valence-electron chi connectivity index (χ4n) is 3.77. The quantitative estimate of drug-likeness (QED) is 0.719. The molecule has 10 heteroatoms. The van der Waals surface area contributed by atoms with E-state index < -0.39 is 27.5 Å². The normalized spacial score (nSPS) is 19.6. The molecule has 0 aliphatic carbocycles. The molecule has 0 atom stereocenters. The molecule has 4 rings (SSSR count). The molecule has 2 aromatic rings. The number of carbonyl (C=O) groups is 2. The molecule has 0 saturated carbocycles. The summed E-state index contributed by atoms with van der Waals surface area (Å²) < 4.78 is 38.0. The second kappa shape index (κ2) is 7.43. The highest BCUT2D eigenvalue weighted by Gasteiger charge is 2.52. The minimum atomic E-state index is -3.59. The number of carbonyl (C=O) groups excluding carboxylic acids is 2. The monoisotopic (exact) mass is 436 g/mol. The first-order valence-corrected chi connectivity index (χ1v) is 11.4. The van der Waals surface area contributed by atoms with Crippen molar-refractivity contribution in [3.63, 3.8) is 0 Å². The lowest BCUT2D eigenvalue weighted by atomic mass is 9.83. The van der Waals surface area contributed by atoms with E-state index in [1.165, 1.54) is 10.6 Å². The summed E-state index contributed by atoms with van der Waals surface area (Å²) in [6.07, 6.45) is 1.97. The van der Waals surface area contributed by atoms with Crippen LogP contribution >= 0.6 is 11.3 Å². The molecule has 0 radical (unpaired) electrons. The van der Waals surface area contributed by atoms with Gasteiger partial charge < -0.3 is 14.5 Å². The van der Waals surface area contributed by atoms with Crippen molar-refractivity contribution >= 4 is 33.2 Å². The maximum absolute atomic E-state index is 12.9. The summed E-state index contributed by atoms with van der Waals surface area (Å²) in [6, 6.07) is 6.72. The average molecular weight is 437 g/mol. The standard InChI is InChI=1S/C19H20N2O6S2/c1-13-16(17(22)20-12-14-4-2-10-26-14)19(27-18(13)23)6-8-21(9-7-19)29(24,25)15-5-3-11-28-15/h2-5,10-11H,6-9,12H2,1H3,(H,20,22). The number of ether oxygens (including phenoxy) is 1. The number of hydrogen-bond acceptors (Lipinski definition) is 7. The first-order chi connectivity index (χ1) is 13.8. The van der Waals surface area contributed by atoms with Crippen molar-refractivity contribution in [2.75, 3.05) is 13.1 Å². The van der Waals surface area contributed by atoms with Crippen LogP contribution in [0.25, 0.3) is 0 Å². The number of nitrogens with one attached hydrogen (secondary N) is 1. The van der Waals surface area contributed by atoms with E-state index >= 15 is 0 Å². The van der Waals surface area contributed by atoms with Crippen LogP contribution in [-0.2, 0) is 30.9 Å². The van der Waals surface area contributed by atoms with Gasteiger partial charge in [0.05, 0.1) is 18.4 Å². The van der Waals surface area contributed by atoms with Crippen LogP contribution in [0.5, 0.6) is 0 Å². The zero-order valence-electron chi connectivity index (χ0n) is 15.7. The lowest BCUT2D eigenvalue weighted by molar-refractivity contribution is -0.150. The number of piperidine rings is 1. The predicted molar refractivity (Wildman–Crippen MR) is 104 cm³/mol. The van der Waals surface area contributed by atoms with Crippen LogP contribution in [-0.4, -0.2) is 43.3 Å². The van der Waals surface area contributed by atoms with E-state index in [2.05, 4.69) is 5.32 Å². The van der Waals surface area contributed by atoms with Gasteiger partial charge in [0.15, 0.2) is 0 Å². The van der Waals surface area contributed by atoms with Gasteiger partial charge in [-0.2, -0.15) is 4.31 Å². The Morgan fingerprint density at radius 3 is 2.66 bits per heavy atom. The van der Waals surface area contributed by atoms with Crippen LogP contribution in [0.15, 0.2) is 55.7 Å². The number of thiophene rings is 1. The minimum Gasteiger partial charge on any atom is -0.467 e. The fourth-order valence-corrected chi connectivity index (χ4v) is 6.36. The Labute approximate surface area is 172 Å². The van der Waals surface area contributed by atoms with Gasteiger partial charge in [-0.1, -0.05) is 6.07 Å². The third-order valence-corrected chi connectivity index (χ3v) is 8.55. The van der Waals surface area contributed by atoms with E-state index in [0.717, 1.165) is 11.3 Å². The second-order valence-corrected chi connectivity index (χ2v) is 10.1. The highest BCUT2D eigenvalue weighted by Crippen LogP contribution is 2.42. The first-order valence-electron chi connectivity index (χ1n) is 9.12. The number of hydrogen-bond donors (Lipinski definition) is 1. The van der Waals surface area contributed by atoms with E-state index in [1.807, 2.05) is 0 Å². The summed E-state index contributed by atoms with van der Waals surface area (Å²) in [5.74, 6) is -0.352. The number of rotatable bonds is 5. The number of furan rings is 1. The molecule has 1 fully saturated rings. The van der Waals surface area contributed by atoms with Gasteiger partial charge in [-0.25, -0.2) is 13.2 Å². The lowest BCUT2D eigenvalue weighted by Crippen LogP contribution is -2.50. The summed E-state index contributed by atoms with van der Waals surface area (Å²) >= 11 is 1.16. The highest BCUT2D eigenvalue weighted by molar-refractivity contribution is 7.91. The van der Waals surface area contributed by atoms with Crippen LogP contribution in [0, 0.1) is 0 Å². The van der Waals surface area contributed by atoms with Gasteiger partial charge in [0.25, 0.3) is 15.9 Å². The molecular formula is C19H20N2O6S2. The molecule has 1 amide bonds. The van der Waals surface area contributed by atoms with Gasteiger partial charge >= 0.3 is 5.97 Å². The van der Waals surface area contributed by atoms with Crippen molar-refractivity contribution in [3.8, 4) is 0 Å². The smallest absolute Gasteiger partial charge is 0.335 e. The Bertz CT molecular complexity index is 1050. The largest absolute Gasteiger partial charge is 0.467 e. The maximum atomic E-state index is 12.9. The summed E-state index contributed by atoms with van der Waals surface area (Å²) in [4.78, 5) is 25.1. The Hall–Kier alpha value is -2.43. The molecule has 0 aromatic carbocycles. The van der Waals surface area contributed by atoms with Crippen LogP contribution in [0.1, 0.15) is 25.5 Å². The van der Waals surface area contributed by atoms with Gasteiger partial charge in [-0.3, -0.25) is 4.79 Å². The summed E-state index contributed by atoms with van der Waals surface area (Å²) in [5.41, 5.74) is -0.561. The van der Waals surface area contributed by atoms with Gasteiger partial charge in [0, 0.05) is 31.5 Å². The van der Waals surface area contributed by atoms with Crippen LogP contribution < -0.4 is 5.32 Å². The number of nitrogens with zero attached hydrogens (tertiary/aromatic N) is 1. The summed E-state index contributed by atoms with van der Waals surface area (Å²) in [5, 5.41) is 4.47. The van der Waals surface area contributed by atoms with Crippen LogP contribution in [0.2, 0.25) is 0 Å². The van der Waals surface area contributed by atoms with Crippen molar-refractivity contribution in [2.24, 2.45) is 0 Å². The third-order valence-electron chi connectivity index (χ3n) is 5.27. The van der Waals surface area contributed by atoms with E-state index in [0.29, 0.717) is 5.76 Å². The van der Waals surface area contributed by atoms with Crippen molar-refractivity contribution in [1.82, 2.24) is 9.62 Å². The van der Waals surface area contributed by atoms with E-state index in [1.54, 1.807) is 36.6 Å². The Kier molecular flexibility index (Phi) is 5.09. The first kappa shape index (κ1) is 19.9. The predicted octanol–water partition coefficient (Wildman–Crippen LogP) is 2.05. The molecule has 154 valence electrons. The van der Waals surface area contributed by atoms with Crippen molar-refractivity contribution in [1.29, 1.82) is 0 Å². The number of esters is 1. The molecule has 2 aliphatic rings. The minimum absolute atomic E-state index is 0.162. The summed E-state index contributed by atoms with van der Waals surface area (Å²) in [6.45, 7) is 2.07. The van der Waals surface area contributed by atoms with Crippen molar-refractivity contribution in [2.45, 2.75) is 36.1 Å². The van der Waals surface area contributed by atoms with Gasteiger partial charge in [-0.05, 0) is 30.5 Å². The van der Waals surface area contributed by atoms with Crippen molar-refractivity contribution < 1.29 is 27.2 Å². The van der Waals surface area contributed by atoms with Crippen molar-refractivity contribution in [3.05, 3.63) is 52.8 Å². The molecule has 29 heavy (non-hydrogen) atoms. The van der Waals surface area contributed by atoms with Crippen LogP contribution in [0.3, 0.4) is 0 Å². The number of amides is 1. The summed E-state index contributed by atoms with van der Waals surface area (Å²) in [7, 11) is -3.59. The van der Waals surface area contributed by atoms with Gasteiger partial charge in [0.2, 0.25) is 0 Å². The molecule has 8 nitrogen and oxygen atoms in total. The topological polar surface area (TPSA) is 106 Å². The maximum Gasteiger partial charge on any atom is 0.335 e. The molecule has 1 N–H and O–H groups in total. The van der Waals surface area contributed by atoms with E-state index in [4.69, 9.17) is 9.15 Å². The SMILES string of the molecule is CC1=C(C(=O)NCc2ccco2)C2(CCN(S(=O)(=O)c3cccs3)CC2)OC1=O. The van der Waals surface area contributed by atoms with Gasteiger partial charge in [0.1, 0.15) is 15.6 Å². The van der Waals surface area contributed by atoms with E-state index in [9.17, 15) is 18.0 Å². The zero-order chi connectivity index (χ0) is 20.6. The zero-order valence-corrected chi connectivity index (χ0v) is 17.3. The lowest BCUT2D eigenvalue weighted by Gasteiger charge is -2.38. The third kappa shape index (κ3) is 3.52. The Morgan fingerprint density at radius 1 is 1.28 bits per heavy atom. The molecule has 2 aromatic heterocycles. The number of sulfonamides is 1. The molecular weight excluding hydrogens is 416 g/mol. The average Bonchev–Trinajstić information content (AvgIpc) is 3.43. The van der Waals surface area contributed by atoms with Gasteiger partial charge in [-0.15, -0.1) is 11.3 Å². The molecule has 1 spiro atoms. The molecule has 4 heterocycles. The van der Waals surface area contributed by atoms with Crippen LogP contribution in [0.4, 0.5) is 0 Å². The Balaban J connectivity index is 1.51.